The van der Waals surface area contributed by atoms with Gasteiger partial charge >= 0.3 is 0 Å². The van der Waals surface area contributed by atoms with Crippen LogP contribution in [0.3, 0.4) is 0 Å². The molecule has 0 aliphatic carbocycles. The molecule has 3 N–H and O–H groups in total. The molecule has 0 saturated carbocycles. The molecule has 0 aromatic heterocycles. The smallest absolute Gasteiger partial charge is 0.261 e. The Hall–Kier alpha value is -2.75. The summed E-state index contributed by atoms with van der Waals surface area (Å²) in [4.78, 5) is 28.1. The normalized spacial score (nSPS) is 12.2. The molecule has 2 amide bonds. The number of hydrogen-bond donors (Lipinski definition) is 3. The molecular weight excluding hydrogens is 370 g/mol. The molecule has 2 aromatic carbocycles. The van der Waals surface area contributed by atoms with Crippen LogP contribution in [0, 0.1) is 0 Å². The van der Waals surface area contributed by atoms with Crippen molar-refractivity contribution in [1.29, 1.82) is 0 Å². The van der Waals surface area contributed by atoms with Gasteiger partial charge in [-0.05, 0) is 36.8 Å². The van der Waals surface area contributed by atoms with Crippen LogP contribution in [0.5, 0.6) is 0 Å². The molecule has 0 unspecified atom stereocenters. The molecule has 2 aromatic rings. The van der Waals surface area contributed by atoms with Gasteiger partial charge in [-0.15, -0.1) is 0 Å². The number of amides is 2. The van der Waals surface area contributed by atoms with Gasteiger partial charge in [-0.25, -0.2) is 13.9 Å². The molecule has 0 fully saturated rings. The summed E-state index contributed by atoms with van der Waals surface area (Å²) >= 11 is 0. The van der Waals surface area contributed by atoms with E-state index in [1.807, 2.05) is 30.3 Å². The van der Waals surface area contributed by atoms with Crippen molar-refractivity contribution in [3.63, 3.8) is 0 Å². The Balaban J connectivity index is 1.89. The van der Waals surface area contributed by atoms with Crippen molar-refractivity contribution in [2.75, 3.05) is 5.32 Å². The molecule has 0 aliphatic heterocycles. The van der Waals surface area contributed by atoms with E-state index in [0.717, 1.165) is 5.56 Å². The summed E-state index contributed by atoms with van der Waals surface area (Å²) in [5.41, 5.74) is 3.56. The molecule has 0 saturated heterocycles. The summed E-state index contributed by atoms with van der Waals surface area (Å²) in [6.45, 7) is 2.92. The molecule has 8 nitrogen and oxygen atoms in total. The fraction of sp³-hybridized carbons (Fsp3) is 0.222. The Morgan fingerprint density at radius 1 is 1.04 bits per heavy atom. The lowest BCUT2D eigenvalue weighted by atomic mass is 10.2. The minimum Gasteiger partial charge on any atom is -0.326 e. The van der Waals surface area contributed by atoms with Crippen molar-refractivity contribution in [3.05, 3.63) is 60.2 Å². The summed E-state index contributed by atoms with van der Waals surface area (Å²) in [5, 5.41) is 2.54. The highest BCUT2D eigenvalue weighted by molar-refractivity contribution is 7.89. The van der Waals surface area contributed by atoms with E-state index in [2.05, 4.69) is 15.5 Å². The average Bonchev–Trinajstić information content (AvgIpc) is 2.62. The summed E-state index contributed by atoms with van der Waals surface area (Å²) in [5.74, 6) is -0.881. The van der Waals surface area contributed by atoms with Crippen LogP contribution >= 0.6 is 0 Å². The Morgan fingerprint density at radius 3 is 2.26 bits per heavy atom. The van der Waals surface area contributed by atoms with E-state index in [1.54, 1.807) is 0 Å². The highest BCUT2D eigenvalue weighted by atomic mass is 32.2. The highest BCUT2D eigenvalue weighted by Gasteiger charge is 2.22. The van der Waals surface area contributed by atoms with Gasteiger partial charge in [0.15, 0.2) is 0 Å². The standard InChI is InChI=1S/C18H21N3O5S/c1-13(18(23)20-26-12-15-6-4-3-5-7-15)21-27(24,25)17-10-8-16(9-11-17)19-14(2)22/h3-11,13,21H,12H2,1-2H3,(H,19,22)(H,20,23)/t13-/m0/s1. The topological polar surface area (TPSA) is 114 Å². The molecule has 0 bridgehead atoms. The number of sulfonamides is 1. The van der Waals surface area contributed by atoms with Crippen molar-refractivity contribution in [2.45, 2.75) is 31.4 Å². The number of hydrogen-bond acceptors (Lipinski definition) is 5. The predicted octanol–water partition coefficient (Wildman–Crippen LogP) is 1.56. The SMILES string of the molecule is CC(=O)Nc1ccc(S(=O)(=O)N[C@@H](C)C(=O)NOCc2ccccc2)cc1. The van der Waals surface area contributed by atoms with Gasteiger partial charge < -0.3 is 5.32 Å². The first kappa shape index (κ1) is 20.6. The lowest BCUT2D eigenvalue weighted by Gasteiger charge is -2.14. The first-order valence-electron chi connectivity index (χ1n) is 8.13. The number of carbonyl (C=O) groups is 2. The zero-order chi connectivity index (χ0) is 19.9. The van der Waals surface area contributed by atoms with E-state index in [4.69, 9.17) is 4.84 Å². The quantitative estimate of drug-likeness (QED) is 0.591. The van der Waals surface area contributed by atoms with Crippen molar-refractivity contribution in [2.24, 2.45) is 0 Å². The maximum absolute atomic E-state index is 12.4. The van der Waals surface area contributed by atoms with Crippen molar-refractivity contribution in [1.82, 2.24) is 10.2 Å². The Labute approximate surface area is 157 Å². The molecule has 27 heavy (non-hydrogen) atoms. The van der Waals surface area contributed by atoms with E-state index < -0.39 is 22.0 Å². The number of carbonyl (C=O) groups excluding carboxylic acids is 2. The summed E-state index contributed by atoms with van der Waals surface area (Å²) < 4.78 is 27.0. The molecule has 0 aliphatic rings. The van der Waals surface area contributed by atoms with Gasteiger partial charge in [0, 0.05) is 12.6 Å². The third-order valence-electron chi connectivity index (χ3n) is 3.46. The van der Waals surface area contributed by atoms with Gasteiger partial charge in [-0.2, -0.15) is 4.72 Å². The number of rotatable bonds is 8. The maximum Gasteiger partial charge on any atom is 0.261 e. The Kier molecular flexibility index (Phi) is 7.05. The largest absolute Gasteiger partial charge is 0.326 e. The van der Waals surface area contributed by atoms with Crippen LogP contribution in [0.1, 0.15) is 19.4 Å². The fourth-order valence-corrected chi connectivity index (χ4v) is 3.33. The Morgan fingerprint density at radius 2 is 1.67 bits per heavy atom. The van der Waals surface area contributed by atoms with Crippen LogP contribution in [-0.4, -0.2) is 26.3 Å². The molecule has 0 radical (unpaired) electrons. The lowest BCUT2D eigenvalue weighted by Crippen LogP contribution is -2.44. The van der Waals surface area contributed by atoms with Crippen molar-refractivity contribution in [3.8, 4) is 0 Å². The molecule has 9 heteroatoms. The summed E-state index contributed by atoms with van der Waals surface area (Å²) in [7, 11) is -3.91. The van der Waals surface area contributed by atoms with Gasteiger partial charge in [0.1, 0.15) is 6.04 Å². The van der Waals surface area contributed by atoms with Crippen LogP contribution in [0.4, 0.5) is 5.69 Å². The number of hydroxylamine groups is 1. The maximum atomic E-state index is 12.4. The van der Waals surface area contributed by atoms with Crippen LogP contribution in [0.25, 0.3) is 0 Å². The van der Waals surface area contributed by atoms with Crippen LogP contribution in [0.15, 0.2) is 59.5 Å². The minimum absolute atomic E-state index is 0.0264. The number of anilines is 1. The monoisotopic (exact) mass is 391 g/mol. The van der Waals surface area contributed by atoms with E-state index in [1.165, 1.54) is 38.1 Å². The minimum atomic E-state index is -3.91. The lowest BCUT2D eigenvalue weighted by molar-refractivity contribution is -0.135. The van der Waals surface area contributed by atoms with Gasteiger partial charge in [0.2, 0.25) is 15.9 Å². The van der Waals surface area contributed by atoms with Crippen LogP contribution in [-0.2, 0) is 31.1 Å². The Bertz CT molecular complexity index is 883. The van der Waals surface area contributed by atoms with E-state index in [9.17, 15) is 18.0 Å². The average molecular weight is 391 g/mol. The van der Waals surface area contributed by atoms with Crippen molar-refractivity contribution < 1.29 is 22.8 Å². The molecule has 0 spiro atoms. The first-order valence-corrected chi connectivity index (χ1v) is 9.62. The van der Waals surface area contributed by atoms with Crippen molar-refractivity contribution >= 4 is 27.5 Å². The van der Waals surface area contributed by atoms with Crippen LogP contribution in [0.2, 0.25) is 0 Å². The molecule has 144 valence electrons. The zero-order valence-electron chi connectivity index (χ0n) is 14.9. The first-order chi connectivity index (χ1) is 12.8. The number of nitrogens with one attached hydrogen (secondary N) is 3. The molecule has 1 atom stereocenters. The highest BCUT2D eigenvalue weighted by Crippen LogP contribution is 2.14. The van der Waals surface area contributed by atoms with Crippen LogP contribution < -0.4 is 15.5 Å². The van der Waals surface area contributed by atoms with Gasteiger partial charge in [0.25, 0.3) is 5.91 Å². The van der Waals surface area contributed by atoms with Gasteiger partial charge in [-0.1, -0.05) is 30.3 Å². The third-order valence-corrected chi connectivity index (χ3v) is 5.02. The van der Waals surface area contributed by atoms with Gasteiger partial charge in [-0.3, -0.25) is 14.4 Å². The third kappa shape index (κ3) is 6.48. The van der Waals surface area contributed by atoms with E-state index >= 15 is 0 Å². The molecule has 0 heterocycles. The second-order valence-electron chi connectivity index (χ2n) is 5.79. The van der Waals surface area contributed by atoms with Gasteiger partial charge in [0.05, 0.1) is 11.5 Å². The fourth-order valence-electron chi connectivity index (χ4n) is 2.13. The summed E-state index contributed by atoms with van der Waals surface area (Å²) in [6, 6.07) is 13.8. The molecule has 2 rings (SSSR count). The van der Waals surface area contributed by atoms with E-state index in [-0.39, 0.29) is 17.4 Å². The zero-order valence-corrected chi connectivity index (χ0v) is 15.7. The second-order valence-corrected chi connectivity index (χ2v) is 7.50. The summed E-state index contributed by atoms with van der Waals surface area (Å²) in [6.07, 6.45) is 0. The molecular formula is C18H21N3O5S. The number of benzene rings is 2. The predicted molar refractivity (Wildman–Crippen MR) is 99.9 cm³/mol. The second kappa shape index (κ2) is 9.26. The van der Waals surface area contributed by atoms with E-state index in [0.29, 0.717) is 5.69 Å².